The van der Waals surface area contributed by atoms with Gasteiger partial charge in [0.1, 0.15) is 0 Å². The lowest BCUT2D eigenvalue weighted by Crippen LogP contribution is -2.29. The van der Waals surface area contributed by atoms with Gasteiger partial charge in [-0.05, 0) is 78.4 Å². The summed E-state index contributed by atoms with van der Waals surface area (Å²) in [5, 5.41) is 8.49. The number of rotatable bonds is 5. The van der Waals surface area contributed by atoms with Gasteiger partial charge in [0.15, 0.2) is 5.76 Å². The van der Waals surface area contributed by atoms with E-state index in [9.17, 15) is 9.59 Å². The monoisotopic (exact) mass is 463 g/mol. The van der Waals surface area contributed by atoms with Crippen LogP contribution in [-0.2, 0) is 13.0 Å². The van der Waals surface area contributed by atoms with Gasteiger partial charge in [0.05, 0.1) is 16.1 Å². The molecule has 6 nitrogen and oxygen atoms in total. The molecule has 2 amide bonds. The highest BCUT2D eigenvalue weighted by Crippen LogP contribution is 2.30. The number of carbonyl (C=O) groups excluding carboxylic acids is 2. The number of fused-ring (bicyclic) bond motifs is 1. The van der Waals surface area contributed by atoms with Crippen LogP contribution in [0, 0.1) is 6.92 Å². The zero-order valence-electron chi connectivity index (χ0n) is 17.4. The number of hydrogen-bond acceptors (Lipinski definition) is 6. The maximum Gasteiger partial charge on any atom is 0.291 e. The van der Waals surface area contributed by atoms with Gasteiger partial charge in [-0.25, -0.2) is 0 Å². The summed E-state index contributed by atoms with van der Waals surface area (Å²) in [6.45, 7) is 3.78. The molecule has 1 aliphatic heterocycles. The van der Waals surface area contributed by atoms with Crippen molar-refractivity contribution in [3.63, 3.8) is 0 Å². The molecular weight excluding hydrogens is 442 g/mol. The molecule has 32 heavy (non-hydrogen) atoms. The van der Waals surface area contributed by atoms with Crippen LogP contribution in [0.1, 0.15) is 36.2 Å². The van der Waals surface area contributed by atoms with Gasteiger partial charge in [0, 0.05) is 29.3 Å². The van der Waals surface area contributed by atoms with Crippen LogP contribution >= 0.6 is 22.7 Å². The minimum absolute atomic E-state index is 0.195. The number of anilines is 3. The Labute approximate surface area is 193 Å². The van der Waals surface area contributed by atoms with E-state index in [0.29, 0.717) is 9.88 Å². The first kappa shape index (κ1) is 20.5. The molecule has 3 aromatic heterocycles. The number of carbonyl (C=O) groups is 2. The van der Waals surface area contributed by atoms with Gasteiger partial charge in [-0.2, -0.15) is 0 Å². The number of amides is 2. The number of aryl methyl sites for hydroxylation is 1. The molecule has 0 saturated heterocycles. The summed E-state index contributed by atoms with van der Waals surface area (Å²) in [5.74, 6) is -0.309. The third kappa shape index (κ3) is 4.19. The molecule has 0 spiro atoms. The second-order valence-electron chi connectivity index (χ2n) is 7.60. The van der Waals surface area contributed by atoms with Crippen molar-refractivity contribution in [1.82, 2.24) is 0 Å². The van der Waals surface area contributed by atoms with E-state index >= 15 is 0 Å². The van der Waals surface area contributed by atoms with Crippen molar-refractivity contribution in [3.05, 3.63) is 86.8 Å². The summed E-state index contributed by atoms with van der Waals surface area (Å²) in [5.41, 5.74) is 4.09. The number of hydrogen-bond donors (Lipinski definition) is 2. The zero-order valence-corrected chi connectivity index (χ0v) is 19.0. The van der Waals surface area contributed by atoms with E-state index in [0.717, 1.165) is 36.4 Å². The largest absolute Gasteiger partial charge is 0.459 e. The van der Waals surface area contributed by atoms with E-state index in [1.807, 2.05) is 42.5 Å². The second-order valence-corrected chi connectivity index (χ2v) is 9.65. The molecule has 162 valence electrons. The smallest absolute Gasteiger partial charge is 0.291 e. The number of nitrogens with zero attached hydrogens (tertiary/aromatic N) is 1. The molecule has 0 unspecified atom stereocenters. The first-order valence-corrected chi connectivity index (χ1v) is 11.9. The number of nitrogens with one attached hydrogen (secondary N) is 2. The molecule has 5 rings (SSSR count). The van der Waals surface area contributed by atoms with Crippen LogP contribution in [0.15, 0.2) is 64.6 Å². The fourth-order valence-corrected chi connectivity index (χ4v) is 5.62. The Balaban J connectivity index is 1.23. The minimum Gasteiger partial charge on any atom is -0.459 e. The van der Waals surface area contributed by atoms with E-state index < -0.39 is 0 Å². The predicted octanol–water partition coefficient (Wildman–Crippen LogP) is 5.78. The van der Waals surface area contributed by atoms with Crippen molar-refractivity contribution >= 4 is 50.9 Å². The van der Waals surface area contributed by atoms with Crippen LogP contribution in [0.2, 0.25) is 0 Å². The van der Waals surface area contributed by atoms with E-state index in [1.54, 1.807) is 18.2 Å². The maximum absolute atomic E-state index is 12.8. The molecule has 1 aliphatic rings. The molecule has 0 bridgehead atoms. The summed E-state index contributed by atoms with van der Waals surface area (Å²) in [6, 6.07) is 15.2. The first-order valence-electron chi connectivity index (χ1n) is 10.2. The van der Waals surface area contributed by atoms with Gasteiger partial charge < -0.3 is 20.0 Å². The van der Waals surface area contributed by atoms with Crippen molar-refractivity contribution in [2.45, 2.75) is 19.9 Å². The maximum atomic E-state index is 12.8. The molecular formula is C24H21N3O3S2. The molecule has 0 fully saturated rings. The Kier molecular flexibility index (Phi) is 5.55. The lowest BCUT2D eigenvalue weighted by atomic mass is 10.1. The van der Waals surface area contributed by atoms with Gasteiger partial charge in [-0.3, -0.25) is 9.59 Å². The lowest BCUT2D eigenvalue weighted by molar-refractivity contribution is 0.0995. The van der Waals surface area contributed by atoms with Crippen molar-refractivity contribution < 1.29 is 14.0 Å². The van der Waals surface area contributed by atoms with Crippen molar-refractivity contribution in [2.75, 3.05) is 22.1 Å². The first-order chi connectivity index (χ1) is 15.6. The Morgan fingerprint density at radius 3 is 2.69 bits per heavy atom. The fraction of sp³-hybridized carbons (Fsp3) is 0.167. The van der Waals surface area contributed by atoms with E-state index in [4.69, 9.17) is 4.42 Å². The Hall–Kier alpha value is -3.36. The molecule has 0 atom stereocenters. The molecule has 8 heteroatoms. The molecule has 0 radical (unpaired) electrons. The fourth-order valence-electron chi connectivity index (χ4n) is 3.76. The average molecular weight is 464 g/mol. The molecule has 1 aromatic carbocycles. The molecule has 4 heterocycles. The van der Waals surface area contributed by atoms with Crippen LogP contribution in [0.4, 0.5) is 16.4 Å². The highest BCUT2D eigenvalue weighted by molar-refractivity contribution is 7.18. The summed E-state index contributed by atoms with van der Waals surface area (Å²) >= 11 is 3.07. The third-order valence-corrected chi connectivity index (χ3v) is 7.58. The Morgan fingerprint density at radius 1 is 1.06 bits per heavy atom. The Bertz CT molecular complexity index is 1260. The van der Waals surface area contributed by atoms with E-state index in [2.05, 4.69) is 27.0 Å². The van der Waals surface area contributed by atoms with Gasteiger partial charge in [-0.1, -0.05) is 0 Å². The summed E-state index contributed by atoms with van der Waals surface area (Å²) in [7, 11) is 0. The summed E-state index contributed by atoms with van der Waals surface area (Å²) < 4.78 is 5.11. The molecule has 4 aromatic rings. The minimum atomic E-state index is -0.342. The van der Waals surface area contributed by atoms with Gasteiger partial charge in [0.25, 0.3) is 11.8 Å². The topological polar surface area (TPSA) is 74.6 Å². The van der Waals surface area contributed by atoms with Crippen molar-refractivity contribution in [3.8, 4) is 0 Å². The average Bonchev–Trinajstić information content (AvgIpc) is 3.55. The van der Waals surface area contributed by atoms with Crippen LogP contribution in [-0.4, -0.2) is 18.4 Å². The zero-order chi connectivity index (χ0) is 22.1. The van der Waals surface area contributed by atoms with Crippen LogP contribution in [0.25, 0.3) is 0 Å². The van der Waals surface area contributed by atoms with Crippen molar-refractivity contribution in [2.24, 2.45) is 0 Å². The van der Waals surface area contributed by atoms with E-state index in [-0.39, 0.29) is 17.6 Å². The predicted molar refractivity (Wildman–Crippen MR) is 129 cm³/mol. The number of furan rings is 1. The molecule has 2 N–H and O–H groups in total. The third-order valence-electron chi connectivity index (χ3n) is 5.40. The standard InChI is InChI=1S/C24H21N3O3S2/c1-15-13-21(26-23(28)19-3-2-11-30-19)32-22(15)24(29)25-17-4-6-18(7-5-17)27-10-8-20-16(14-27)9-12-31-20/h2-7,9,11-13H,8,10,14H2,1H3,(H,25,29)(H,26,28). The Morgan fingerprint density at radius 2 is 1.91 bits per heavy atom. The molecule has 0 saturated carbocycles. The lowest BCUT2D eigenvalue weighted by Gasteiger charge is -2.29. The number of benzene rings is 1. The molecule has 0 aliphatic carbocycles. The van der Waals surface area contributed by atoms with Crippen molar-refractivity contribution in [1.29, 1.82) is 0 Å². The van der Waals surface area contributed by atoms with E-state index in [1.165, 1.54) is 28.0 Å². The number of thiophene rings is 2. The summed E-state index contributed by atoms with van der Waals surface area (Å²) in [4.78, 5) is 29.4. The van der Waals surface area contributed by atoms with Crippen LogP contribution in [0.3, 0.4) is 0 Å². The van der Waals surface area contributed by atoms with Crippen LogP contribution < -0.4 is 15.5 Å². The highest BCUT2D eigenvalue weighted by atomic mass is 32.1. The van der Waals surface area contributed by atoms with Gasteiger partial charge in [-0.15, -0.1) is 22.7 Å². The quantitative estimate of drug-likeness (QED) is 0.394. The normalized spacial score (nSPS) is 13.0. The van der Waals surface area contributed by atoms with Gasteiger partial charge in [0.2, 0.25) is 0 Å². The van der Waals surface area contributed by atoms with Crippen LogP contribution in [0.5, 0.6) is 0 Å². The SMILES string of the molecule is Cc1cc(NC(=O)c2ccco2)sc1C(=O)Nc1ccc(N2CCc3sccc3C2)cc1. The summed E-state index contributed by atoms with van der Waals surface area (Å²) in [6.07, 6.45) is 2.52. The second kappa shape index (κ2) is 8.64. The van der Waals surface area contributed by atoms with Gasteiger partial charge >= 0.3 is 0 Å². The highest BCUT2D eigenvalue weighted by Gasteiger charge is 2.19.